The van der Waals surface area contributed by atoms with Gasteiger partial charge in [-0.3, -0.25) is 19.2 Å². The van der Waals surface area contributed by atoms with Crippen LogP contribution < -0.4 is 0 Å². The van der Waals surface area contributed by atoms with Crippen molar-refractivity contribution in [3.8, 4) is 0 Å². The minimum Gasteiger partial charge on any atom is -0.459 e. The van der Waals surface area contributed by atoms with E-state index in [4.69, 9.17) is 9.47 Å². The summed E-state index contributed by atoms with van der Waals surface area (Å²) in [5, 5.41) is 0. The monoisotopic (exact) mass is 342 g/mol. The fourth-order valence-electron chi connectivity index (χ4n) is 2.05. The highest BCUT2D eigenvalue weighted by molar-refractivity contribution is 5.95. The second-order valence-corrected chi connectivity index (χ2v) is 7.67. The van der Waals surface area contributed by atoms with Gasteiger partial charge in [0.1, 0.15) is 37.4 Å². The Hall–Kier alpha value is -2.12. The predicted molar refractivity (Wildman–Crippen MR) is 84.9 cm³/mol. The van der Waals surface area contributed by atoms with Gasteiger partial charge >= 0.3 is 11.9 Å². The molecule has 0 bridgehead atoms. The predicted octanol–water partition coefficient (Wildman–Crippen LogP) is 0.341. The van der Waals surface area contributed by atoms with Gasteiger partial charge in [0.05, 0.1) is 0 Å². The van der Waals surface area contributed by atoms with Crippen molar-refractivity contribution in [2.45, 2.75) is 52.7 Å². The fraction of sp³-hybridized carbons (Fsp3) is 0.750. The van der Waals surface area contributed by atoms with E-state index in [1.807, 2.05) is 0 Å². The van der Waals surface area contributed by atoms with Gasteiger partial charge < -0.3 is 19.3 Å². The average Bonchev–Trinajstić information content (AvgIpc) is 2.30. The molecule has 1 aliphatic heterocycles. The Kier molecular flexibility index (Phi) is 5.97. The van der Waals surface area contributed by atoms with Crippen LogP contribution in [0.2, 0.25) is 0 Å². The summed E-state index contributed by atoms with van der Waals surface area (Å²) in [6, 6.07) is 0. The van der Waals surface area contributed by atoms with E-state index in [9.17, 15) is 19.2 Å². The molecule has 0 N–H and O–H groups in total. The first-order valence-electron chi connectivity index (χ1n) is 7.76. The topological polar surface area (TPSA) is 93.2 Å². The van der Waals surface area contributed by atoms with Crippen LogP contribution in [0.15, 0.2) is 0 Å². The number of hydrogen-bond acceptors (Lipinski definition) is 6. The largest absolute Gasteiger partial charge is 0.459 e. The molecule has 1 heterocycles. The quantitative estimate of drug-likeness (QED) is 0.684. The van der Waals surface area contributed by atoms with Gasteiger partial charge in [-0.25, -0.2) is 0 Å². The molecule has 1 aliphatic rings. The van der Waals surface area contributed by atoms with Crippen molar-refractivity contribution >= 4 is 23.8 Å². The third kappa shape index (κ3) is 6.97. The highest BCUT2D eigenvalue weighted by Gasteiger charge is 2.33. The van der Waals surface area contributed by atoms with Gasteiger partial charge in [-0.05, 0) is 41.5 Å². The van der Waals surface area contributed by atoms with Crippen molar-refractivity contribution in [3.05, 3.63) is 0 Å². The molecule has 0 aromatic carbocycles. The molecular weight excluding hydrogens is 316 g/mol. The van der Waals surface area contributed by atoms with Crippen LogP contribution in [0.25, 0.3) is 0 Å². The van der Waals surface area contributed by atoms with Gasteiger partial charge in [0.2, 0.25) is 11.8 Å². The van der Waals surface area contributed by atoms with Crippen molar-refractivity contribution in [2.75, 3.05) is 26.2 Å². The SMILES string of the molecule is CC(C)(C)OC(=O)CN1CC(=O)N(CC(=O)OC(C)(C)C)CC1=O. The average molecular weight is 342 g/mol. The van der Waals surface area contributed by atoms with Gasteiger partial charge in [0.25, 0.3) is 0 Å². The van der Waals surface area contributed by atoms with Crippen LogP contribution in [0, 0.1) is 0 Å². The van der Waals surface area contributed by atoms with Gasteiger partial charge in [-0.2, -0.15) is 0 Å². The second kappa shape index (κ2) is 7.19. The number of amides is 2. The molecule has 24 heavy (non-hydrogen) atoms. The summed E-state index contributed by atoms with van der Waals surface area (Å²) in [6.45, 7) is 9.21. The number of nitrogens with zero attached hydrogens (tertiary/aromatic N) is 2. The molecule has 0 atom stereocenters. The number of esters is 2. The summed E-state index contributed by atoms with van der Waals surface area (Å²) < 4.78 is 10.3. The van der Waals surface area contributed by atoms with E-state index in [2.05, 4.69) is 0 Å². The van der Waals surface area contributed by atoms with Crippen molar-refractivity contribution in [1.82, 2.24) is 9.80 Å². The van der Waals surface area contributed by atoms with Crippen molar-refractivity contribution < 1.29 is 28.7 Å². The van der Waals surface area contributed by atoms with Crippen LogP contribution in [0.5, 0.6) is 0 Å². The van der Waals surface area contributed by atoms with Crippen molar-refractivity contribution in [1.29, 1.82) is 0 Å². The lowest BCUT2D eigenvalue weighted by molar-refractivity contribution is -0.166. The molecular formula is C16H26N2O6. The molecule has 0 aliphatic carbocycles. The first-order valence-corrected chi connectivity index (χ1v) is 7.76. The van der Waals surface area contributed by atoms with E-state index in [1.165, 1.54) is 0 Å². The Bertz CT molecular complexity index is 482. The number of hydrogen-bond donors (Lipinski definition) is 0. The minimum absolute atomic E-state index is 0.263. The van der Waals surface area contributed by atoms with Crippen LogP contribution in [0.1, 0.15) is 41.5 Å². The maximum absolute atomic E-state index is 12.1. The molecule has 0 spiro atoms. The highest BCUT2D eigenvalue weighted by atomic mass is 16.6. The maximum Gasteiger partial charge on any atom is 0.326 e. The van der Waals surface area contributed by atoms with E-state index >= 15 is 0 Å². The van der Waals surface area contributed by atoms with Crippen LogP contribution >= 0.6 is 0 Å². The number of rotatable bonds is 4. The lowest BCUT2D eigenvalue weighted by atomic mass is 10.2. The Labute approximate surface area is 142 Å². The van der Waals surface area contributed by atoms with Crippen LogP contribution in [-0.2, 0) is 28.7 Å². The summed E-state index contributed by atoms with van der Waals surface area (Å²) in [5.74, 6) is -1.98. The molecule has 1 rings (SSSR count). The zero-order valence-electron chi connectivity index (χ0n) is 15.2. The van der Waals surface area contributed by atoms with Gasteiger partial charge in [0, 0.05) is 0 Å². The molecule has 1 fully saturated rings. The normalized spacial score (nSPS) is 16.2. The molecule has 8 heteroatoms. The molecule has 1 saturated heterocycles. The summed E-state index contributed by atoms with van der Waals surface area (Å²) in [5.41, 5.74) is -1.33. The maximum atomic E-state index is 12.1. The second-order valence-electron chi connectivity index (χ2n) is 7.67. The standard InChI is InChI=1S/C16H26N2O6/c1-15(2,3)23-13(21)9-17-7-12(20)18(8-11(17)19)10-14(22)24-16(4,5)6/h7-10H2,1-6H3. The first-order chi connectivity index (χ1) is 10.8. The number of carbonyl (C=O) groups excluding carboxylic acids is 4. The third-order valence-electron chi connectivity index (χ3n) is 2.84. The van der Waals surface area contributed by atoms with E-state index in [0.29, 0.717) is 0 Å². The summed E-state index contributed by atoms with van der Waals surface area (Å²) in [6.07, 6.45) is 0. The van der Waals surface area contributed by atoms with E-state index in [1.54, 1.807) is 41.5 Å². The lowest BCUT2D eigenvalue weighted by Crippen LogP contribution is -2.56. The third-order valence-corrected chi connectivity index (χ3v) is 2.84. The smallest absolute Gasteiger partial charge is 0.326 e. The minimum atomic E-state index is -0.664. The van der Waals surface area contributed by atoms with E-state index < -0.39 is 35.0 Å². The van der Waals surface area contributed by atoms with Crippen LogP contribution in [0.3, 0.4) is 0 Å². The van der Waals surface area contributed by atoms with Gasteiger partial charge in [0.15, 0.2) is 0 Å². The van der Waals surface area contributed by atoms with Gasteiger partial charge in [-0.15, -0.1) is 0 Å². The zero-order chi connectivity index (χ0) is 18.7. The Morgan fingerprint density at radius 2 is 1.08 bits per heavy atom. The summed E-state index contributed by atoms with van der Waals surface area (Å²) in [4.78, 5) is 50.0. The molecule has 0 unspecified atom stereocenters. The zero-order valence-corrected chi connectivity index (χ0v) is 15.2. The molecule has 0 aromatic heterocycles. The Morgan fingerprint density at radius 1 is 0.792 bits per heavy atom. The van der Waals surface area contributed by atoms with Crippen molar-refractivity contribution in [2.24, 2.45) is 0 Å². The van der Waals surface area contributed by atoms with E-state index in [-0.39, 0.29) is 26.2 Å². The van der Waals surface area contributed by atoms with Gasteiger partial charge in [-0.1, -0.05) is 0 Å². The van der Waals surface area contributed by atoms with Crippen LogP contribution in [0.4, 0.5) is 0 Å². The highest BCUT2D eigenvalue weighted by Crippen LogP contribution is 2.11. The van der Waals surface area contributed by atoms with Crippen LogP contribution in [-0.4, -0.2) is 70.9 Å². The molecule has 0 saturated carbocycles. The molecule has 136 valence electrons. The molecule has 0 radical (unpaired) electrons. The lowest BCUT2D eigenvalue weighted by Gasteiger charge is -2.33. The first kappa shape index (κ1) is 19.9. The molecule has 8 nitrogen and oxygen atoms in total. The Balaban J connectivity index is 2.58. The van der Waals surface area contributed by atoms with Crippen molar-refractivity contribution in [3.63, 3.8) is 0 Å². The summed E-state index contributed by atoms with van der Waals surface area (Å²) in [7, 11) is 0. The Morgan fingerprint density at radius 3 is 1.33 bits per heavy atom. The molecule has 0 aromatic rings. The number of piperazine rings is 1. The fourth-order valence-corrected chi connectivity index (χ4v) is 2.05. The summed E-state index contributed by atoms with van der Waals surface area (Å²) >= 11 is 0. The molecule has 2 amide bonds. The van der Waals surface area contributed by atoms with E-state index in [0.717, 1.165) is 9.80 Å². The number of carbonyl (C=O) groups is 4. The number of ether oxygens (including phenoxy) is 2.